The molecule has 0 N–H and O–H groups in total. The normalized spacial score (nSPS) is 11.8. The van der Waals surface area contributed by atoms with Gasteiger partial charge in [0.15, 0.2) is 0 Å². The van der Waals surface area contributed by atoms with Crippen LogP contribution in [0.25, 0.3) is 10.9 Å². The summed E-state index contributed by atoms with van der Waals surface area (Å²) >= 11 is 0. The molecule has 30 heavy (non-hydrogen) atoms. The van der Waals surface area contributed by atoms with Gasteiger partial charge in [0.05, 0.1) is 12.5 Å². The van der Waals surface area contributed by atoms with Crippen molar-refractivity contribution in [3.63, 3.8) is 0 Å². The number of oxime groups is 1. The Bertz CT molecular complexity index is 1100. The van der Waals surface area contributed by atoms with Crippen LogP contribution in [0.4, 0.5) is 17.6 Å². The smallest absolute Gasteiger partial charge is 0.545 e. The molecular weight excluding hydrogens is 419 g/mol. The number of carbonyl (C=O) groups excluding carboxylic acids is 1. The van der Waals surface area contributed by atoms with Crippen molar-refractivity contribution in [2.45, 2.75) is 12.9 Å². The zero-order valence-corrected chi connectivity index (χ0v) is 17.9. The number of aromatic carboxylic acids is 1. The van der Waals surface area contributed by atoms with Gasteiger partial charge in [-0.15, -0.1) is 13.2 Å². The fourth-order valence-electron chi connectivity index (χ4n) is 2.88. The number of benzene rings is 2. The van der Waals surface area contributed by atoms with E-state index in [-0.39, 0.29) is 58.3 Å². The number of aromatic nitrogens is 1. The van der Waals surface area contributed by atoms with E-state index in [9.17, 15) is 27.5 Å². The molecule has 0 saturated carbocycles. The molecule has 6 nitrogen and oxygen atoms in total. The molecule has 0 aliphatic rings. The van der Waals surface area contributed by atoms with Gasteiger partial charge in [-0.3, -0.25) is 0 Å². The summed E-state index contributed by atoms with van der Waals surface area (Å²) in [6.07, 6.45) is -3.62. The number of fused-ring (bicyclic) bond motifs is 1. The van der Waals surface area contributed by atoms with Gasteiger partial charge in [-0.1, -0.05) is 17.3 Å². The number of nitrogens with zero attached hydrogens (tertiary/aromatic N) is 2. The van der Waals surface area contributed by atoms with Crippen molar-refractivity contribution < 1.29 is 66.6 Å². The van der Waals surface area contributed by atoms with E-state index in [0.717, 1.165) is 24.3 Å². The summed E-state index contributed by atoms with van der Waals surface area (Å²) in [4.78, 5) is 16.2. The Morgan fingerprint density at radius 3 is 2.57 bits per heavy atom. The van der Waals surface area contributed by atoms with Crippen molar-refractivity contribution in [1.82, 2.24) is 4.57 Å². The first-order valence-corrected chi connectivity index (χ1v) is 8.14. The second-order valence-corrected chi connectivity index (χ2v) is 5.92. The number of alkyl halides is 3. The molecule has 0 aliphatic carbocycles. The van der Waals surface area contributed by atoms with Gasteiger partial charge in [-0.25, -0.2) is 4.39 Å². The molecular formula is C19H13F4N2NaO4. The summed E-state index contributed by atoms with van der Waals surface area (Å²) in [6.45, 7) is -0.0707. The first kappa shape index (κ1) is 23.7. The standard InChI is InChI=1S/C19H14F4N2O4.Na/c1-28-24-16(11-3-2-4-13(7-11)29-19(21,22)23)10-25-9-15(18(26)27)14-8-12(20)5-6-17(14)25;/h2-9H,10H2,1H3,(H,26,27);/q;+1/p-1/b24-16+;. The van der Waals surface area contributed by atoms with Gasteiger partial charge in [0.1, 0.15) is 24.4 Å². The average molecular weight is 432 g/mol. The Balaban J connectivity index is 0.00000320. The Morgan fingerprint density at radius 2 is 1.93 bits per heavy atom. The third-order valence-electron chi connectivity index (χ3n) is 3.99. The van der Waals surface area contributed by atoms with E-state index in [1.807, 2.05) is 0 Å². The second kappa shape index (κ2) is 9.50. The fourth-order valence-corrected chi connectivity index (χ4v) is 2.88. The van der Waals surface area contributed by atoms with Crippen LogP contribution in [0.3, 0.4) is 0 Å². The van der Waals surface area contributed by atoms with Crippen LogP contribution >= 0.6 is 0 Å². The van der Waals surface area contributed by atoms with Crippen LogP contribution in [0.2, 0.25) is 0 Å². The van der Waals surface area contributed by atoms with Crippen molar-refractivity contribution in [3.05, 3.63) is 65.6 Å². The average Bonchev–Trinajstić information content (AvgIpc) is 2.98. The van der Waals surface area contributed by atoms with Crippen molar-refractivity contribution in [2.75, 3.05) is 7.11 Å². The molecule has 1 aromatic heterocycles. The van der Waals surface area contributed by atoms with E-state index in [2.05, 4.69) is 9.89 Å². The summed E-state index contributed by atoms with van der Waals surface area (Å²) in [7, 11) is 1.26. The summed E-state index contributed by atoms with van der Waals surface area (Å²) < 4.78 is 56.4. The first-order valence-electron chi connectivity index (χ1n) is 8.14. The summed E-state index contributed by atoms with van der Waals surface area (Å²) in [5.74, 6) is -2.57. The molecule has 0 radical (unpaired) electrons. The molecule has 0 saturated heterocycles. The Kier molecular flexibility index (Phi) is 7.51. The molecule has 0 aliphatic heterocycles. The molecule has 0 atom stereocenters. The quantitative estimate of drug-likeness (QED) is 0.240. The van der Waals surface area contributed by atoms with Crippen molar-refractivity contribution in [2.24, 2.45) is 5.16 Å². The number of rotatable bonds is 6. The van der Waals surface area contributed by atoms with E-state index >= 15 is 0 Å². The van der Waals surface area contributed by atoms with Crippen LogP contribution < -0.4 is 39.4 Å². The van der Waals surface area contributed by atoms with Gasteiger partial charge in [0.2, 0.25) is 0 Å². The largest absolute Gasteiger partial charge is 1.00 e. The summed E-state index contributed by atoms with van der Waals surface area (Å²) in [6, 6.07) is 8.68. The monoisotopic (exact) mass is 432 g/mol. The van der Waals surface area contributed by atoms with Gasteiger partial charge >= 0.3 is 35.9 Å². The molecule has 0 bridgehead atoms. The zero-order chi connectivity index (χ0) is 21.2. The van der Waals surface area contributed by atoms with Crippen LogP contribution in [0.15, 0.2) is 53.8 Å². The minimum absolute atomic E-state index is 0. The predicted octanol–water partition coefficient (Wildman–Crippen LogP) is 0.0972. The first-order chi connectivity index (χ1) is 13.7. The number of carbonyl (C=O) groups is 1. The zero-order valence-electron chi connectivity index (χ0n) is 15.9. The number of hydrogen-bond donors (Lipinski definition) is 0. The Morgan fingerprint density at radius 1 is 1.20 bits per heavy atom. The molecule has 2 aromatic carbocycles. The number of ether oxygens (including phenoxy) is 1. The topological polar surface area (TPSA) is 75.9 Å². The van der Waals surface area contributed by atoms with Gasteiger partial charge in [-0.05, 0) is 30.3 Å². The van der Waals surface area contributed by atoms with Crippen molar-refractivity contribution >= 4 is 22.6 Å². The predicted molar refractivity (Wildman–Crippen MR) is 92.9 cm³/mol. The molecule has 152 valence electrons. The maximum Gasteiger partial charge on any atom is 1.00 e. The Hall–Kier alpha value is -2.56. The SMILES string of the molecule is CO/N=C(\Cn1cc(C(=O)[O-])c2cc(F)ccc21)c1cccc(OC(F)(F)F)c1.[Na+]. The second-order valence-electron chi connectivity index (χ2n) is 5.92. The van der Waals surface area contributed by atoms with Crippen molar-refractivity contribution in [3.8, 4) is 5.75 Å². The van der Waals surface area contributed by atoms with Gasteiger partial charge < -0.3 is 24.0 Å². The minimum atomic E-state index is -4.86. The molecule has 1 heterocycles. The van der Waals surface area contributed by atoms with Gasteiger partial charge in [-0.2, -0.15) is 0 Å². The maximum atomic E-state index is 13.5. The molecule has 0 amide bonds. The molecule has 11 heteroatoms. The molecule has 3 aromatic rings. The van der Waals surface area contributed by atoms with E-state index in [4.69, 9.17) is 4.84 Å². The van der Waals surface area contributed by atoms with Crippen LogP contribution in [-0.4, -0.2) is 29.7 Å². The van der Waals surface area contributed by atoms with Crippen LogP contribution in [0.1, 0.15) is 15.9 Å². The summed E-state index contributed by atoms with van der Waals surface area (Å²) in [5.41, 5.74) is 0.585. The number of carboxylic acid groups (broad SMARTS) is 1. The third-order valence-corrected chi connectivity index (χ3v) is 3.99. The van der Waals surface area contributed by atoms with Gasteiger partial charge in [0.25, 0.3) is 0 Å². The van der Waals surface area contributed by atoms with E-state index in [1.165, 1.54) is 36.1 Å². The van der Waals surface area contributed by atoms with E-state index in [0.29, 0.717) is 5.52 Å². The molecule has 3 rings (SSSR count). The van der Waals surface area contributed by atoms with Gasteiger partial charge in [0, 0.05) is 28.2 Å². The summed E-state index contributed by atoms with van der Waals surface area (Å²) in [5, 5.41) is 15.3. The minimum Gasteiger partial charge on any atom is -0.545 e. The van der Waals surface area contributed by atoms with Crippen LogP contribution in [0.5, 0.6) is 5.75 Å². The maximum absolute atomic E-state index is 13.5. The van der Waals surface area contributed by atoms with E-state index < -0.39 is 23.9 Å². The fraction of sp³-hybridized carbons (Fsp3) is 0.158. The molecule has 0 fully saturated rings. The molecule has 0 unspecified atom stereocenters. The number of hydrogen-bond acceptors (Lipinski definition) is 5. The molecule has 0 spiro atoms. The number of carboxylic acids is 1. The van der Waals surface area contributed by atoms with Crippen LogP contribution in [-0.2, 0) is 11.4 Å². The number of halogens is 4. The van der Waals surface area contributed by atoms with Crippen molar-refractivity contribution in [1.29, 1.82) is 0 Å². The van der Waals surface area contributed by atoms with Crippen LogP contribution in [0, 0.1) is 5.82 Å². The third kappa shape index (κ3) is 5.53. The van der Waals surface area contributed by atoms with E-state index in [1.54, 1.807) is 0 Å². The Labute approximate surface area is 190 Å².